The van der Waals surface area contributed by atoms with Crippen LogP contribution in [0.25, 0.3) is 0 Å². The molecule has 29 heavy (non-hydrogen) atoms. The highest BCUT2D eigenvalue weighted by Crippen LogP contribution is 2.60. The van der Waals surface area contributed by atoms with Gasteiger partial charge in [0.2, 0.25) is 0 Å². The van der Waals surface area contributed by atoms with Gasteiger partial charge in [-0.15, -0.1) is 11.3 Å². The summed E-state index contributed by atoms with van der Waals surface area (Å²) >= 11 is 7.28. The topological polar surface area (TPSA) is 71.1 Å². The minimum atomic E-state index is -0.676. The lowest BCUT2D eigenvalue weighted by molar-refractivity contribution is -0.136. The lowest BCUT2D eigenvalue weighted by Gasteiger charge is -2.56. The predicted octanol–water partition coefficient (Wildman–Crippen LogP) is 4.52. The fourth-order valence-electron chi connectivity index (χ4n) is 6.02. The number of anilines is 1. The van der Waals surface area contributed by atoms with Gasteiger partial charge in [-0.2, -0.15) is 0 Å². The Labute approximate surface area is 179 Å². The Balaban J connectivity index is 1.20. The van der Waals surface area contributed by atoms with Gasteiger partial charge in [0, 0.05) is 22.4 Å². The second kappa shape index (κ2) is 7.40. The molecule has 7 heteroatoms. The number of nitrogens with zero attached hydrogens (tertiary/aromatic N) is 1. The molecule has 4 aliphatic carbocycles. The number of hydrogen-bond donors (Lipinski definition) is 2. The van der Waals surface area contributed by atoms with Crippen LogP contribution < -0.4 is 10.6 Å². The van der Waals surface area contributed by atoms with Crippen molar-refractivity contribution in [3.05, 3.63) is 45.9 Å². The molecule has 2 amide bonds. The highest BCUT2D eigenvalue weighted by atomic mass is 35.5. The van der Waals surface area contributed by atoms with E-state index in [2.05, 4.69) is 16.0 Å². The van der Waals surface area contributed by atoms with Crippen LogP contribution in [0, 0.1) is 17.8 Å². The molecule has 1 aromatic carbocycles. The molecular formula is C22H24ClN3O2S. The molecule has 4 bridgehead atoms. The predicted molar refractivity (Wildman–Crippen MR) is 114 cm³/mol. The highest BCUT2D eigenvalue weighted by Gasteiger charge is 2.52. The number of carbonyl (C=O) groups excluding carboxylic acids is 2. The monoisotopic (exact) mass is 429 g/mol. The number of benzene rings is 1. The first-order chi connectivity index (χ1) is 14.0. The molecule has 4 aliphatic rings. The molecule has 0 spiro atoms. The van der Waals surface area contributed by atoms with E-state index in [1.807, 2.05) is 12.1 Å². The molecule has 2 aromatic rings. The first kappa shape index (κ1) is 19.1. The zero-order valence-electron chi connectivity index (χ0n) is 16.1. The number of aromatic nitrogens is 1. The van der Waals surface area contributed by atoms with Gasteiger partial charge in [0.25, 0.3) is 0 Å². The molecule has 152 valence electrons. The molecule has 4 fully saturated rings. The smallest absolute Gasteiger partial charge is 0.315 e. The summed E-state index contributed by atoms with van der Waals surface area (Å²) < 4.78 is 0. The molecule has 0 radical (unpaired) electrons. The summed E-state index contributed by atoms with van der Waals surface area (Å²) in [5, 5.41) is 8.55. The van der Waals surface area contributed by atoms with E-state index in [9.17, 15) is 9.59 Å². The molecule has 0 unspecified atom stereocenters. The molecule has 0 aliphatic heterocycles. The lowest BCUT2D eigenvalue weighted by atomic mass is 9.49. The van der Waals surface area contributed by atoms with Crippen LogP contribution in [-0.2, 0) is 21.5 Å². The maximum atomic E-state index is 12.3. The number of rotatable bonds is 4. The normalized spacial score (nSPS) is 29.6. The van der Waals surface area contributed by atoms with Crippen molar-refractivity contribution in [2.75, 3.05) is 5.32 Å². The number of thiazole rings is 1. The molecular weight excluding hydrogens is 406 g/mol. The van der Waals surface area contributed by atoms with E-state index in [1.54, 1.807) is 12.1 Å². The maximum absolute atomic E-state index is 12.3. The van der Waals surface area contributed by atoms with Crippen molar-refractivity contribution in [1.82, 2.24) is 10.3 Å². The van der Waals surface area contributed by atoms with Crippen LogP contribution in [0.3, 0.4) is 0 Å². The SMILES string of the molecule is O=C(NCc1ccc(Cl)cc1)C(=O)Nc1nc(C23CC4CC(CC(C4)C2)C3)cs1. The third kappa shape index (κ3) is 3.80. The van der Waals surface area contributed by atoms with Gasteiger partial charge in [-0.05, 0) is 74.0 Å². The van der Waals surface area contributed by atoms with E-state index < -0.39 is 11.8 Å². The number of hydrogen-bond acceptors (Lipinski definition) is 4. The van der Waals surface area contributed by atoms with Gasteiger partial charge >= 0.3 is 11.8 Å². The van der Waals surface area contributed by atoms with E-state index in [4.69, 9.17) is 16.6 Å². The van der Waals surface area contributed by atoms with Crippen molar-refractivity contribution >= 4 is 39.9 Å². The Morgan fingerprint density at radius 2 is 1.66 bits per heavy atom. The fourth-order valence-corrected chi connectivity index (χ4v) is 6.97. The molecule has 4 saturated carbocycles. The highest BCUT2D eigenvalue weighted by molar-refractivity contribution is 7.14. The van der Waals surface area contributed by atoms with Crippen molar-refractivity contribution in [1.29, 1.82) is 0 Å². The number of amides is 2. The first-order valence-corrected chi connectivity index (χ1v) is 11.5. The Morgan fingerprint density at radius 1 is 1.03 bits per heavy atom. The third-order valence-corrected chi connectivity index (χ3v) is 7.89. The zero-order chi connectivity index (χ0) is 20.0. The average molecular weight is 430 g/mol. The van der Waals surface area contributed by atoms with E-state index in [1.165, 1.54) is 49.9 Å². The first-order valence-electron chi connectivity index (χ1n) is 10.3. The second-order valence-electron chi connectivity index (χ2n) is 9.00. The van der Waals surface area contributed by atoms with Crippen molar-refractivity contribution in [2.24, 2.45) is 17.8 Å². The second-order valence-corrected chi connectivity index (χ2v) is 10.3. The zero-order valence-corrected chi connectivity index (χ0v) is 17.7. The molecule has 1 aromatic heterocycles. The van der Waals surface area contributed by atoms with Gasteiger partial charge in [0.05, 0.1) is 5.69 Å². The van der Waals surface area contributed by atoms with Gasteiger partial charge in [-0.3, -0.25) is 14.9 Å². The summed E-state index contributed by atoms with van der Waals surface area (Å²) in [6.45, 7) is 0.278. The van der Waals surface area contributed by atoms with Crippen LogP contribution in [-0.4, -0.2) is 16.8 Å². The van der Waals surface area contributed by atoms with Crippen LogP contribution in [0.4, 0.5) is 5.13 Å². The maximum Gasteiger partial charge on any atom is 0.315 e. The van der Waals surface area contributed by atoms with Crippen molar-refractivity contribution in [3.63, 3.8) is 0 Å². The molecule has 2 N–H and O–H groups in total. The van der Waals surface area contributed by atoms with Crippen LogP contribution >= 0.6 is 22.9 Å². The summed E-state index contributed by atoms with van der Waals surface area (Å²) in [7, 11) is 0. The van der Waals surface area contributed by atoms with Crippen LogP contribution in [0.15, 0.2) is 29.6 Å². The van der Waals surface area contributed by atoms with Crippen LogP contribution in [0.2, 0.25) is 5.02 Å². The molecule has 0 atom stereocenters. The lowest BCUT2D eigenvalue weighted by Crippen LogP contribution is -2.48. The largest absolute Gasteiger partial charge is 0.344 e. The molecule has 1 heterocycles. The number of halogens is 1. The summed E-state index contributed by atoms with van der Waals surface area (Å²) in [5.41, 5.74) is 2.21. The Morgan fingerprint density at radius 3 is 2.28 bits per heavy atom. The Bertz CT molecular complexity index is 905. The van der Waals surface area contributed by atoms with Crippen molar-refractivity contribution < 1.29 is 9.59 Å². The Kier molecular flexibility index (Phi) is 4.87. The van der Waals surface area contributed by atoms with Crippen LogP contribution in [0.5, 0.6) is 0 Å². The van der Waals surface area contributed by atoms with Crippen molar-refractivity contribution in [2.45, 2.75) is 50.5 Å². The number of carbonyl (C=O) groups is 2. The fraction of sp³-hybridized carbons (Fsp3) is 0.500. The van der Waals surface area contributed by atoms with E-state index >= 15 is 0 Å². The minimum Gasteiger partial charge on any atom is -0.344 e. The third-order valence-electron chi connectivity index (χ3n) is 6.88. The quantitative estimate of drug-likeness (QED) is 0.702. The summed E-state index contributed by atoms with van der Waals surface area (Å²) in [6, 6.07) is 7.15. The van der Waals surface area contributed by atoms with Gasteiger partial charge in [0.15, 0.2) is 5.13 Å². The summed E-state index contributed by atoms with van der Waals surface area (Å²) in [6.07, 6.45) is 7.87. The van der Waals surface area contributed by atoms with Gasteiger partial charge in [-0.25, -0.2) is 4.98 Å². The van der Waals surface area contributed by atoms with E-state index in [-0.39, 0.29) is 12.0 Å². The minimum absolute atomic E-state index is 0.199. The van der Waals surface area contributed by atoms with Gasteiger partial charge in [-0.1, -0.05) is 23.7 Å². The average Bonchev–Trinajstić information content (AvgIpc) is 3.15. The van der Waals surface area contributed by atoms with E-state index in [0.717, 1.165) is 29.0 Å². The van der Waals surface area contributed by atoms with Crippen molar-refractivity contribution in [3.8, 4) is 0 Å². The van der Waals surface area contributed by atoms with E-state index in [0.29, 0.717) is 10.2 Å². The number of nitrogens with one attached hydrogen (secondary N) is 2. The molecule has 5 nitrogen and oxygen atoms in total. The van der Waals surface area contributed by atoms with Crippen LogP contribution in [0.1, 0.15) is 49.8 Å². The summed E-state index contributed by atoms with van der Waals surface area (Å²) in [5.74, 6) is 1.20. The standard InChI is InChI=1S/C22H24ClN3O2S/c23-17-3-1-13(2-4-17)11-24-19(27)20(28)26-21-25-18(12-29-21)22-8-14-5-15(9-22)7-16(6-14)10-22/h1-4,12,14-16H,5-11H2,(H,24,27)(H,25,26,28). The Hall–Kier alpha value is -1.92. The van der Waals surface area contributed by atoms with Gasteiger partial charge in [0.1, 0.15) is 0 Å². The molecule has 0 saturated heterocycles. The molecule has 6 rings (SSSR count). The van der Waals surface area contributed by atoms with Gasteiger partial charge < -0.3 is 5.32 Å². The summed E-state index contributed by atoms with van der Waals surface area (Å²) in [4.78, 5) is 29.2.